The highest BCUT2D eigenvalue weighted by molar-refractivity contribution is 7.98. The van der Waals surface area contributed by atoms with E-state index >= 15 is 0 Å². The lowest BCUT2D eigenvalue weighted by atomic mass is 9.72. The van der Waals surface area contributed by atoms with E-state index < -0.39 is 22.6 Å². The molecule has 0 saturated carbocycles. The van der Waals surface area contributed by atoms with Gasteiger partial charge < -0.3 is 24.8 Å². The number of aromatic nitrogens is 2. The quantitative estimate of drug-likeness (QED) is 0.0558. The summed E-state index contributed by atoms with van der Waals surface area (Å²) < 4.78 is 49.4. The Morgan fingerprint density at radius 2 is 1.73 bits per heavy atom. The van der Waals surface area contributed by atoms with E-state index in [0.29, 0.717) is 60.5 Å². The second kappa shape index (κ2) is 20.0. The molecule has 3 aliphatic rings. The number of likely N-dealkylation sites (tertiary alicyclic amines) is 1. The number of benzene rings is 3. The molecule has 8 rings (SSSR count). The molecule has 2 saturated heterocycles. The van der Waals surface area contributed by atoms with Crippen molar-refractivity contribution in [2.75, 3.05) is 62.6 Å². The SMILES string of the molecule is CC(C)C(=O)N1CCC(CNc2ccc(SNC(=O)c3ccc(N4CCN(CC5=C(c6ccc(C(F)(F)F)cc6)CC(C)(C)CC5)CC4)cc3Oc3cnc4[nH]ccc4c3)cc2[N+](=O)[O-])CC1. The highest BCUT2D eigenvalue weighted by Gasteiger charge is 2.33. The normalized spacial score (nSPS) is 17.3. The summed E-state index contributed by atoms with van der Waals surface area (Å²) in [5.74, 6) is 0.676. The van der Waals surface area contributed by atoms with E-state index in [-0.39, 0.29) is 34.4 Å². The number of anilines is 2. The summed E-state index contributed by atoms with van der Waals surface area (Å²) >= 11 is 0.974. The van der Waals surface area contributed by atoms with Gasteiger partial charge in [-0.3, -0.25) is 29.3 Å². The topological polar surface area (TPSA) is 149 Å². The number of nitro groups is 1. The minimum atomic E-state index is -4.38. The van der Waals surface area contributed by atoms with Crippen LogP contribution in [-0.4, -0.2) is 88.9 Å². The summed E-state index contributed by atoms with van der Waals surface area (Å²) in [5, 5.41) is 16.3. The molecule has 0 atom stereocenters. The number of hydrogen-bond acceptors (Lipinski definition) is 10. The second-order valence-electron chi connectivity index (χ2n) is 18.9. The molecule has 2 aromatic heterocycles. The predicted molar refractivity (Wildman–Crippen MR) is 256 cm³/mol. The van der Waals surface area contributed by atoms with Crippen LogP contribution in [0.15, 0.2) is 95.7 Å². The van der Waals surface area contributed by atoms with E-state index in [1.807, 2.05) is 43.0 Å². The van der Waals surface area contributed by atoms with Crippen molar-refractivity contribution in [1.29, 1.82) is 0 Å². The van der Waals surface area contributed by atoms with E-state index in [0.717, 1.165) is 85.9 Å². The number of pyridine rings is 1. The van der Waals surface area contributed by atoms with E-state index in [1.165, 1.54) is 23.8 Å². The van der Waals surface area contributed by atoms with Crippen molar-refractivity contribution < 1.29 is 32.4 Å². The van der Waals surface area contributed by atoms with Gasteiger partial charge in [-0.25, -0.2) is 4.98 Å². The molecule has 3 aromatic carbocycles. The average molecular weight is 939 g/mol. The molecule has 1 aliphatic carbocycles. The first kappa shape index (κ1) is 47.4. The van der Waals surface area contributed by atoms with E-state index in [9.17, 15) is 32.9 Å². The van der Waals surface area contributed by atoms with E-state index in [1.54, 1.807) is 42.7 Å². The van der Waals surface area contributed by atoms with Crippen LogP contribution in [0.3, 0.4) is 0 Å². The molecule has 0 radical (unpaired) electrons. The molecular formula is C50H57F3N8O5S. The largest absolute Gasteiger partial charge is 0.455 e. The fraction of sp³-hybridized carbons (Fsp3) is 0.420. The zero-order valence-electron chi connectivity index (χ0n) is 38.2. The van der Waals surface area contributed by atoms with Gasteiger partial charge in [0.2, 0.25) is 5.91 Å². The number of hydrogen-bond donors (Lipinski definition) is 3. The number of fused-ring (bicyclic) bond motifs is 1. The van der Waals surface area contributed by atoms with Gasteiger partial charge in [-0.1, -0.05) is 45.4 Å². The summed E-state index contributed by atoms with van der Waals surface area (Å²) in [5.41, 5.74) is 4.78. The van der Waals surface area contributed by atoms with Crippen molar-refractivity contribution in [2.24, 2.45) is 17.3 Å². The summed E-state index contributed by atoms with van der Waals surface area (Å²) in [6.07, 6.45) is 3.32. The fourth-order valence-corrected chi connectivity index (χ4v) is 9.83. The minimum absolute atomic E-state index is 0.0478. The maximum atomic E-state index is 13.9. The number of carbonyl (C=O) groups is 2. The van der Waals surface area contributed by atoms with Crippen LogP contribution in [0.5, 0.6) is 11.5 Å². The zero-order chi connectivity index (χ0) is 47.5. The van der Waals surface area contributed by atoms with Crippen LogP contribution in [0.25, 0.3) is 16.6 Å². The molecular weight excluding hydrogens is 882 g/mol. The lowest BCUT2D eigenvalue weighted by molar-refractivity contribution is -0.384. The highest BCUT2D eigenvalue weighted by Crippen LogP contribution is 2.44. The van der Waals surface area contributed by atoms with Gasteiger partial charge in [-0.2, -0.15) is 13.2 Å². The standard InChI is InChI=1S/C50H57F3N8O5S/c1-32(2)48(63)60-19-15-33(16-20-60)29-55-43-12-10-40(27-44(43)61(64)65)67-57-47(62)41-11-9-38(26-45(41)66-39-25-35-14-18-54-46(35)56-30-39)59-23-21-58(22-24-59)31-36-13-17-49(3,4)28-42(36)34-5-7-37(8-6-34)50(51,52)53/h5-12,14,18,25-27,30,32-33,55H,13,15-17,19-24,28-29,31H2,1-4H3,(H,54,56)(H,57,62). The molecule has 2 aliphatic heterocycles. The number of carbonyl (C=O) groups excluding carboxylic acids is 2. The van der Waals surface area contributed by atoms with Crippen molar-refractivity contribution in [3.05, 3.63) is 118 Å². The monoisotopic (exact) mass is 938 g/mol. The molecule has 2 amide bonds. The van der Waals surface area contributed by atoms with E-state index in [2.05, 4.69) is 43.7 Å². The number of halogens is 3. The Morgan fingerprint density at radius 3 is 2.43 bits per heavy atom. The van der Waals surface area contributed by atoms with Gasteiger partial charge in [0, 0.05) is 92.6 Å². The highest BCUT2D eigenvalue weighted by atomic mass is 32.2. The Balaban J connectivity index is 0.940. The Morgan fingerprint density at radius 1 is 0.985 bits per heavy atom. The van der Waals surface area contributed by atoms with Crippen molar-refractivity contribution >= 4 is 57.4 Å². The minimum Gasteiger partial charge on any atom is -0.455 e. The predicted octanol–water partition coefficient (Wildman–Crippen LogP) is 10.8. The first-order chi connectivity index (χ1) is 32.0. The molecule has 4 heterocycles. The third-order valence-corrected chi connectivity index (χ3v) is 13.9. The van der Waals surface area contributed by atoms with Crippen LogP contribution in [0.1, 0.15) is 81.3 Å². The van der Waals surface area contributed by atoms with Crippen LogP contribution < -0.4 is 19.7 Å². The number of rotatable bonds is 14. The van der Waals surface area contributed by atoms with Crippen molar-refractivity contribution in [2.45, 2.75) is 70.9 Å². The van der Waals surface area contributed by atoms with Gasteiger partial charge in [0.15, 0.2) is 0 Å². The van der Waals surface area contributed by atoms with Crippen LogP contribution in [0.4, 0.5) is 30.2 Å². The first-order valence-corrected chi connectivity index (χ1v) is 23.7. The van der Waals surface area contributed by atoms with Gasteiger partial charge in [0.1, 0.15) is 22.8 Å². The number of allylic oxidation sites excluding steroid dienone is 1. The molecule has 0 unspecified atom stereocenters. The summed E-state index contributed by atoms with van der Waals surface area (Å²) in [4.78, 5) is 52.7. The Bertz CT molecular complexity index is 2630. The fourth-order valence-electron chi connectivity index (χ4n) is 9.20. The van der Waals surface area contributed by atoms with Crippen molar-refractivity contribution in [1.82, 2.24) is 24.5 Å². The molecule has 0 bridgehead atoms. The zero-order valence-corrected chi connectivity index (χ0v) is 39.1. The molecule has 67 heavy (non-hydrogen) atoms. The number of piperidine rings is 1. The Kier molecular flexibility index (Phi) is 14.2. The maximum absolute atomic E-state index is 13.9. The summed E-state index contributed by atoms with van der Waals surface area (Å²) in [6, 6.07) is 19.6. The molecule has 354 valence electrons. The molecule has 13 nitrogen and oxygen atoms in total. The first-order valence-electron chi connectivity index (χ1n) is 22.9. The van der Waals surface area contributed by atoms with Gasteiger partial charge in [-0.15, -0.1) is 0 Å². The van der Waals surface area contributed by atoms with Crippen LogP contribution in [0.2, 0.25) is 0 Å². The van der Waals surface area contributed by atoms with Crippen LogP contribution in [0, 0.1) is 27.4 Å². The number of ether oxygens (including phenoxy) is 1. The second-order valence-corrected chi connectivity index (χ2v) is 19.8. The maximum Gasteiger partial charge on any atom is 0.416 e. The number of H-pyrrole nitrogens is 1. The number of amides is 2. The van der Waals surface area contributed by atoms with Gasteiger partial charge >= 0.3 is 6.18 Å². The average Bonchev–Trinajstić information content (AvgIpc) is 3.79. The summed E-state index contributed by atoms with van der Waals surface area (Å²) in [7, 11) is 0. The number of aromatic amines is 1. The van der Waals surface area contributed by atoms with Crippen molar-refractivity contribution in [3.63, 3.8) is 0 Å². The van der Waals surface area contributed by atoms with Crippen LogP contribution >= 0.6 is 11.9 Å². The van der Waals surface area contributed by atoms with Crippen LogP contribution in [-0.2, 0) is 11.0 Å². The number of nitrogens with one attached hydrogen (secondary N) is 3. The lowest BCUT2D eigenvalue weighted by Crippen LogP contribution is -2.47. The third-order valence-electron chi connectivity index (χ3n) is 13.1. The van der Waals surface area contributed by atoms with Gasteiger partial charge in [0.25, 0.3) is 11.6 Å². The van der Waals surface area contributed by atoms with E-state index in [4.69, 9.17) is 4.74 Å². The molecule has 3 N–H and O–H groups in total. The number of piperazine rings is 1. The molecule has 5 aromatic rings. The molecule has 2 fully saturated rings. The number of nitro benzene ring substituents is 1. The third kappa shape index (κ3) is 11.6. The number of alkyl halides is 3. The smallest absolute Gasteiger partial charge is 0.416 e. The summed E-state index contributed by atoms with van der Waals surface area (Å²) in [6.45, 7) is 13.8. The Hall–Kier alpha value is -6.07. The number of nitrogens with zero attached hydrogens (tertiary/aromatic N) is 5. The Labute approximate surface area is 392 Å². The lowest BCUT2D eigenvalue weighted by Gasteiger charge is -2.39. The molecule has 0 spiro atoms. The molecule has 17 heteroatoms. The van der Waals surface area contributed by atoms with Gasteiger partial charge in [-0.05, 0) is 115 Å². The van der Waals surface area contributed by atoms with Gasteiger partial charge in [0.05, 0.1) is 22.2 Å². The van der Waals surface area contributed by atoms with Crippen molar-refractivity contribution in [3.8, 4) is 11.5 Å².